The van der Waals surface area contributed by atoms with E-state index < -0.39 is 6.04 Å². The maximum atomic E-state index is 13.2. The number of anilines is 1. The summed E-state index contributed by atoms with van der Waals surface area (Å²) in [6.07, 6.45) is 11.8. The lowest BCUT2D eigenvalue weighted by molar-refractivity contribution is -0.121. The van der Waals surface area contributed by atoms with Crippen LogP contribution >= 0.6 is 11.6 Å². The van der Waals surface area contributed by atoms with Crippen LogP contribution in [0.15, 0.2) is 79.3 Å². The van der Waals surface area contributed by atoms with Crippen molar-refractivity contribution in [3.05, 3.63) is 101 Å². The van der Waals surface area contributed by atoms with E-state index in [0.29, 0.717) is 59.9 Å². The third-order valence-electron chi connectivity index (χ3n) is 7.01. The van der Waals surface area contributed by atoms with E-state index in [1.165, 1.54) is 17.1 Å². The Kier molecular flexibility index (Phi) is 9.88. The average Bonchev–Trinajstić information content (AvgIpc) is 3.57. The number of carbonyl (C=O) groups excluding carboxylic acids is 3. The van der Waals surface area contributed by atoms with Gasteiger partial charge in [0.05, 0.1) is 17.4 Å². The summed E-state index contributed by atoms with van der Waals surface area (Å²) in [4.78, 5) is 42.4. The summed E-state index contributed by atoms with van der Waals surface area (Å²) < 4.78 is 1.49. The van der Waals surface area contributed by atoms with Crippen molar-refractivity contribution < 1.29 is 14.4 Å². The molecule has 12 heteroatoms. The summed E-state index contributed by atoms with van der Waals surface area (Å²) in [5, 5.41) is 20.8. The number of amides is 3. The molecule has 0 saturated carbocycles. The molecule has 44 heavy (non-hydrogen) atoms. The normalized spacial score (nSPS) is 15.7. The second-order valence-electron chi connectivity index (χ2n) is 10.1. The van der Waals surface area contributed by atoms with E-state index in [1.807, 2.05) is 42.5 Å². The van der Waals surface area contributed by atoms with Gasteiger partial charge in [0, 0.05) is 53.5 Å². The lowest BCUT2D eigenvalue weighted by Crippen LogP contribution is -2.27. The first-order chi connectivity index (χ1) is 21.4. The van der Waals surface area contributed by atoms with Gasteiger partial charge in [-0.25, -0.2) is 0 Å². The zero-order valence-electron chi connectivity index (χ0n) is 24.0. The number of nitrogens with one attached hydrogen (secondary N) is 3. The van der Waals surface area contributed by atoms with Crippen molar-refractivity contribution in [2.24, 2.45) is 0 Å². The van der Waals surface area contributed by atoms with Crippen LogP contribution in [0.4, 0.5) is 5.69 Å². The number of benzene rings is 2. The highest BCUT2D eigenvalue weighted by atomic mass is 35.5. The van der Waals surface area contributed by atoms with E-state index in [2.05, 4.69) is 36.5 Å². The minimum absolute atomic E-state index is 0.0490. The molecule has 0 fully saturated rings. The minimum Gasteiger partial charge on any atom is -0.352 e. The molecule has 2 aromatic carbocycles. The number of hydrogen-bond donors (Lipinski definition) is 3. The molecule has 1 atom stereocenters. The Bertz CT molecular complexity index is 1720. The Morgan fingerprint density at radius 2 is 2.02 bits per heavy atom. The van der Waals surface area contributed by atoms with Crippen LogP contribution < -0.4 is 16.0 Å². The topological polar surface area (TPSA) is 144 Å². The summed E-state index contributed by atoms with van der Waals surface area (Å²) in [6.45, 7) is 2.15. The number of fused-ring (bicyclic) bond motifs is 4. The smallest absolute Gasteiger partial charge is 0.244 e. The molecule has 5 rings (SSSR count). The summed E-state index contributed by atoms with van der Waals surface area (Å²) in [6, 6.07) is 14.3. The molecule has 1 aliphatic rings. The number of tetrazole rings is 1. The van der Waals surface area contributed by atoms with Crippen LogP contribution in [0.25, 0.3) is 22.9 Å². The third-order valence-corrected chi connectivity index (χ3v) is 7.25. The largest absolute Gasteiger partial charge is 0.352 e. The first-order valence-corrected chi connectivity index (χ1v) is 14.6. The van der Waals surface area contributed by atoms with Crippen LogP contribution in [0.3, 0.4) is 0 Å². The second kappa shape index (κ2) is 14.3. The predicted molar refractivity (Wildman–Crippen MR) is 168 cm³/mol. The van der Waals surface area contributed by atoms with E-state index in [-0.39, 0.29) is 17.7 Å². The maximum Gasteiger partial charge on any atom is 0.244 e. The first-order valence-electron chi connectivity index (χ1n) is 14.2. The SMILES string of the molecule is CCC(=O)NCc1ccc2c(c1)NC(=O)CC/C=C/C[C@H](NC(=O)/C=C/c1cc(Cl)ccc1-n1cnnn1)c1cc-2ccn1. The average molecular weight is 611 g/mol. The number of halogens is 1. The van der Waals surface area contributed by atoms with Crippen LogP contribution in [-0.4, -0.2) is 42.9 Å². The van der Waals surface area contributed by atoms with Crippen molar-refractivity contribution in [1.29, 1.82) is 0 Å². The van der Waals surface area contributed by atoms with E-state index in [9.17, 15) is 14.4 Å². The van der Waals surface area contributed by atoms with Crippen LogP contribution in [0.2, 0.25) is 5.02 Å². The van der Waals surface area contributed by atoms with Gasteiger partial charge in [0.2, 0.25) is 17.7 Å². The first kappa shape index (κ1) is 30.3. The van der Waals surface area contributed by atoms with E-state index in [4.69, 9.17) is 11.6 Å². The van der Waals surface area contributed by atoms with Crippen molar-refractivity contribution in [3.8, 4) is 16.8 Å². The van der Waals surface area contributed by atoms with Crippen molar-refractivity contribution in [3.63, 3.8) is 0 Å². The molecule has 4 aromatic rings. The number of aromatic nitrogens is 5. The molecule has 0 unspecified atom stereocenters. The number of pyridine rings is 1. The summed E-state index contributed by atoms with van der Waals surface area (Å²) in [7, 11) is 0. The fourth-order valence-corrected chi connectivity index (χ4v) is 4.92. The quantitative estimate of drug-likeness (QED) is 0.198. The van der Waals surface area contributed by atoms with Crippen molar-refractivity contribution in [2.75, 3.05) is 5.32 Å². The Morgan fingerprint density at radius 3 is 2.84 bits per heavy atom. The number of rotatable bonds is 7. The summed E-state index contributed by atoms with van der Waals surface area (Å²) >= 11 is 6.22. The van der Waals surface area contributed by atoms with Gasteiger partial charge in [0.1, 0.15) is 6.33 Å². The highest BCUT2D eigenvalue weighted by Gasteiger charge is 2.17. The summed E-state index contributed by atoms with van der Waals surface area (Å²) in [5.41, 5.74) is 5.14. The standard InChI is InChI=1S/C32H31ClN8O3/c1-2-30(42)35-19-21-8-11-25-22-14-15-34-28(18-22)26(6-4-3-5-7-31(43)38-27(25)16-21)37-32(44)13-9-23-17-24(33)10-12-29(23)41-20-36-39-40-41/h3-4,8-18,20,26H,2,5-7,19H2,1H3,(H,35,42)(H,37,44)(H,38,43)/b4-3+,13-9+/t26-/m0/s1. The number of allylic oxidation sites excluding steroid dienone is 1. The molecule has 0 spiro atoms. The molecule has 3 amide bonds. The zero-order valence-corrected chi connectivity index (χ0v) is 24.8. The number of nitrogens with zero attached hydrogens (tertiary/aromatic N) is 5. The monoisotopic (exact) mass is 610 g/mol. The Hall–Kier alpha value is -5.16. The van der Waals surface area contributed by atoms with Crippen LogP contribution in [0.5, 0.6) is 0 Å². The molecule has 3 N–H and O–H groups in total. The molecular formula is C32H31ClN8O3. The van der Waals surface area contributed by atoms with Crippen LogP contribution in [0, 0.1) is 0 Å². The second-order valence-corrected chi connectivity index (χ2v) is 10.6. The van der Waals surface area contributed by atoms with Crippen molar-refractivity contribution >= 4 is 41.1 Å². The van der Waals surface area contributed by atoms with Crippen LogP contribution in [-0.2, 0) is 20.9 Å². The van der Waals surface area contributed by atoms with Gasteiger partial charge in [-0.05, 0) is 76.9 Å². The molecule has 0 saturated heterocycles. The molecule has 2 aromatic heterocycles. The Labute approximate surface area is 259 Å². The lowest BCUT2D eigenvalue weighted by atomic mass is 9.99. The molecule has 2 bridgehead atoms. The Morgan fingerprint density at radius 1 is 1.14 bits per heavy atom. The van der Waals surface area contributed by atoms with Gasteiger partial charge in [-0.15, -0.1) is 5.10 Å². The highest BCUT2D eigenvalue weighted by Crippen LogP contribution is 2.31. The van der Waals surface area contributed by atoms with E-state index in [0.717, 1.165) is 16.7 Å². The molecule has 11 nitrogen and oxygen atoms in total. The van der Waals surface area contributed by atoms with E-state index in [1.54, 1.807) is 37.4 Å². The molecule has 0 radical (unpaired) electrons. The van der Waals surface area contributed by atoms with Gasteiger partial charge in [0.25, 0.3) is 0 Å². The fraction of sp³-hybridized carbons (Fsp3) is 0.219. The van der Waals surface area contributed by atoms with Gasteiger partial charge in [0.15, 0.2) is 0 Å². The van der Waals surface area contributed by atoms with Gasteiger partial charge < -0.3 is 16.0 Å². The highest BCUT2D eigenvalue weighted by molar-refractivity contribution is 6.30. The molecule has 3 heterocycles. The van der Waals surface area contributed by atoms with Gasteiger partial charge >= 0.3 is 0 Å². The molecule has 224 valence electrons. The van der Waals surface area contributed by atoms with Crippen LogP contribution in [0.1, 0.15) is 55.5 Å². The van der Waals surface area contributed by atoms with E-state index >= 15 is 0 Å². The molecule has 0 aliphatic carbocycles. The zero-order chi connectivity index (χ0) is 30.9. The van der Waals surface area contributed by atoms with Crippen molar-refractivity contribution in [1.82, 2.24) is 35.8 Å². The van der Waals surface area contributed by atoms with Gasteiger partial charge in [-0.2, -0.15) is 4.68 Å². The lowest BCUT2D eigenvalue weighted by Gasteiger charge is -2.18. The third kappa shape index (κ3) is 7.81. The maximum absolute atomic E-state index is 13.2. The summed E-state index contributed by atoms with van der Waals surface area (Å²) in [5.74, 6) is -0.484. The molecule has 1 aliphatic heterocycles. The van der Waals surface area contributed by atoms with Gasteiger partial charge in [-0.1, -0.05) is 42.8 Å². The minimum atomic E-state index is -0.432. The Balaban J connectivity index is 1.42. The van der Waals surface area contributed by atoms with Gasteiger partial charge in [-0.3, -0.25) is 19.4 Å². The predicted octanol–water partition coefficient (Wildman–Crippen LogP) is 4.95. The number of carbonyl (C=O) groups is 3. The number of hydrogen-bond acceptors (Lipinski definition) is 7. The van der Waals surface area contributed by atoms with Crippen molar-refractivity contribution in [2.45, 2.75) is 45.2 Å². The fourth-order valence-electron chi connectivity index (χ4n) is 4.74. The molecular weight excluding hydrogens is 580 g/mol.